The largest absolute Gasteiger partial charge is 0.496 e. The third kappa shape index (κ3) is 1.99. The molecule has 5 heteroatoms. The van der Waals surface area contributed by atoms with Gasteiger partial charge in [-0.2, -0.15) is 0 Å². The summed E-state index contributed by atoms with van der Waals surface area (Å²) in [6.45, 7) is 0. The van der Waals surface area contributed by atoms with Crippen molar-refractivity contribution in [2.45, 2.75) is 18.6 Å². The number of cyclic esters (lactones) is 1. The molecule has 2 unspecified atom stereocenters. The minimum absolute atomic E-state index is 0.365. The van der Waals surface area contributed by atoms with E-state index in [9.17, 15) is 4.79 Å². The van der Waals surface area contributed by atoms with Crippen molar-refractivity contribution in [2.75, 3.05) is 7.11 Å². The predicted molar refractivity (Wildman–Crippen MR) is 59.4 cm³/mol. The molecule has 0 saturated carbocycles. The Morgan fingerprint density at radius 1 is 1.56 bits per heavy atom. The van der Waals surface area contributed by atoms with E-state index >= 15 is 0 Å². The highest BCUT2D eigenvalue weighted by Crippen LogP contribution is 2.36. The lowest BCUT2D eigenvalue weighted by atomic mass is 10.0. The molecule has 86 valence electrons. The van der Waals surface area contributed by atoms with Crippen LogP contribution < -0.4 is 10.5 Å². The Kier molecular flexibility index (Phi) is 3.03. The molecular formula is C11H12ClNO3. The summed E-state index contributed by atoms with van der Waals surface area (Å²) in [5.41, 5.74) is 6.35. The van der Waals surface area contributed by atoms with Gasteiger partial charge in [0.1, 0.15) is 17.9 Å². The molecule has 1 aliphatic heterocycles. The number of hydrogen-bond acceptors (Lipinski definition) is 4. The standard InChI is InChI=1S/C11H12ClNO3/c1-15-9-3-2-6(12)4-7(9)10-5-8(13)11(14)16-10/h2-4,8,10H,5,13H2,1H3. The first-order valence-corrected chi connectivity index (χ1v) is 5.29. The van der Waals surface area contributed by atoms with Crippen LogP contribution in [0.3, 0.4) is 0 Å². The molecule has 0 spiro atoms. The molecule has 1 aromatic rings. The number of methoxy groups -OCH3 is 1. The average molecular weight is 242 g/mol. The van der Waals surface area contributed by atoms with Gasteiger partial charge in [0.25, 0.3) is 0 Å². The van der Waals surface area contributed by atoms with Crippen molar-refractivity contribution in [1.82, 2.24) is 0 Å². The number of benzene rings is 1. The third-order valence-corrected chi connectivity index (χ3v) is 2.80. The fourth-order valence-corrected chi connectivity index (χ4v) is 1.93. The van der Waals surface area contributed by atoms with E-state index in [1.165, 1.54) is 0 Å². The number of nitrogens with two attached hydrogens (primary N) is 1. The summed E-state index contributed by atoms with van der Waals surface area (Å²) in [4.78, 5) is 11.2. The highest BCUT2D eigenvalue weighted by atomic mass is 35.5. The first kappa shape index (κ1) is 11.2. The molecule has 16 heavy (non-hydrogen) atoms. The van der Waals surface area contributed by atoms with Gasteiger partial charge in [0.2, 0.25) is 0 Å². The van der Waals surface area contributed by atoms with Crippen LogP contribution in [-0.4, -0.2) is 19.1 Å². The van der Waals surface area contributed by atoms with Crippen LogP contribution in [0.15, 0.2) is 18.2 Å². The number of ether oxygens (including phenoxy) is 2. The van der Waals surface area contributed by atoms with Crippen LogP contribution >= 0.6 is 11.6 Å². The van der Waals surface area contributed by atoms with E-state index < -0.39 is 6.04 Å². The van der Waals surface area contributed by atoms with Gasteiger partial charge in [-0.05, 0) is 18.2 Å². The molecule has 0 amide bonds. The molecule has 1 aromatic carbocycles. The van der Waals surface area contributed by atoms with Crippen molar-refractivity contribution in [3.63, 3.8) is 0 Å². The van der Waals surface area contributed by atoms with Crippen molar-refractivity contribution >= 4 is 17.6 Å². The van der Waals surface area contributed by atoms with E-state index in [1.54, 1.807) is 25.3 Å². The summed E-state index contributed by atoms with van der Waals surface area (Å²) in [5.74, 6) is 0.267. The molecule has 1 heterocycles. The molecule has 4 nitrogen and oxygen atoms in total. The zero-order valence-electron chi connectivity index (χ0n) is 8.77. The lowest BCUT2D eigenvalue weighted by Gasteiger charge is -2.13. The third-order valence-electron chi connectivity index (χ3n) is 2.57. The summed E-state index contributed by atoms with van der Waals surface area (Å²) in [7, 11) is 1.56. The van der Waals surface area contributed by atoms with Crippen molar-refractivity contribution in [2.24, 2.45) is 5.73 Å². The predicted octanol–water partition coefficient (Wildman–Crippen LogP) is 1.66. The minimum Gasteiger partial charge on any atom is -0.496 e. The van der Waals surface area contributed by atoms with Gasteiger partial charge < -0.3 is 15.2 Å². The van der Waals surface area contributed by atoms with Gasteiger partial charge in [-0.3, -0.25) is 4.79 Å². The van der Waals surface area contributed by atoms with Gasteiger partial charge in [-0.1, -0.05) is 11.6 Å². The van der Waals surface area contributed by atoms with Crippen LogP contribution in [0.2, 0.25) is 5.02 Å². The lowest BCUT2D eigenvalue weighted by Crippen LogP contribution is -2.24. The van der Waals surface area contributed by atoms with Crippen molar-refractivity contribution in [1.29, 1.82) is 0 Å². The van der Waals surface area contributed by atoms with Gasteiger partial charge >= 0.3 is 5.97 Å². The van der Waals surface area contributed by atoms with Crippen LogP contribution in [0.4, 0.5) is 0 Å². The summed E-state index contributed by atoms with van der Waals surface area (Å²) in [6.07, 6.45) is 0.0892. The van der Waals surface area contributed by atoms with E-state index in [1.807, 2.05) is 0 Å². The number of esters is 1. The summed E-state index contributed by atoms with van der Waals surface area (Å²) in [6, 6.07) is 4.64. The van der Waals surface area contributed by atoms with Gasteiger partial charge in [-0.15, -0.1) is 0 Å². The van der Waals surface area contributed by atoms with Crippen LogP contribution in [0.5, 0.6) is 5.75 Å². The van der Waals surface area contributed by atoms with Crippen LogP contribution in [-0.2, 0) is 9.53 Å². The Morgan fingerprint density at radius 2 is 2.31 bits per heavy atom. The topological polar surface area (TPSA) is 61.5 Å². The Hall–Kier alpha value is -1.26. The molecule has 1 fully saturated rings. The fourth-order valence-electron chi connectivity index (χ4n) is 1.75. The van der Waals surface area contributed by atoms with E-state index in [2.05, 4.69) is 0 Å². The second-order valence-corrected chi connectivity index (χ2v) is 4.09. The number of carbonyl (C=O) groups is 1. The van der Waals surface area contributed by atoms with E-state index in [0.29, 0.717) is 17.2 Å². The zero-order chi connectivity index (χ0) is 11.7. The fraction of sp³-hybridized carbons (Fsp3) is 0.364. The second-order valence-electron chi connectivity index (χ2n) is 3.65. The molecule has 2 rings (SSSR count). The highest BCUT2D eigenvalue weighted by molar-refractivity contribution is 6.30. The van der Waals surface area contributed by atoms with Crippen LogP contribution in [0.25, 0.3) is 0 Å². The zero-order valence-corrected chi connectivity index (χ0v) is 9.53. The van der Waals surface area contributed by atoms with Crippen molar-refractivity contribution in [3.8, 4) is 5.75 Å². The van der Waals surface area contributed by atoms with Gasteiger partial charge in [0, 0.05) is 17.0 Å². The molecule has 2 N–H and O–H groups in total. The maximum absolute atomic E-state index is 11.2. The lowest BCUT2D eigenvalue weighted by molar-refractivity contribution is -0.142. The van der Waals surface area contributed by atoms with Crippen LogP contribution in [0.1, 0.15) is 18.1 Å². The summed E-state index contributed by atoms with van der Waals surface area (Å²) >= 11 is 5.90. The Balaban J connectivity index is 2.33. The molecule has 1 aliphatic rings. The Bertz CT molecular complexity index is 422. The Morgan fingerprint density at radius 3 is 2.88 bits per heavy atom. The molecular weight excluding hydrogens is 230 g/mol. The summed E-state index contributed by atoms with van der Waals surface area (Å²) in [5, 5.41) is 0.576. The molecule has 1 saturated heterocycles. The monoisotopic (exact) mass is 241 g/mol. The van der Waals surface area contributed by atoms with Gasteiger partial charge in [0.15, 0.2) is 0 Å². The number of carbonyl (C=O) groups excluding carboxylic acids is 1. The van der Waals surface area contributed by atoms with E-state index in [4.69, 9.17) is 26.8 Å². The molecule has 2 atom stereocenters. The number of rotatable bonds is 2. The molecule has 0 radical (unpaired) electrons. The normalized spacial score (nSPS) is 24.3. The van der Waals surface area contributed by atoms with Gasteiger partial charge in [0.05, 0.1) is 7.11 Å². The maximum Gasteiger partial charge on any atom is 0.323 e. The second kappa shape index (κ2) is 4.31. The maximum atomic E-state index is 11.2. The van der Waals surface area contributed by atoms with Crippen LogP contribution in [0, 0.1) is 0 Å². The average Bonchev–Trinajstić information content (AvgIpc) is 2.59. The summed E-state index contributed by atoms with van der Waals surface area (Å²) < 4.78 is 10.3. The minimum atomic E-state index is -0.561. The van der Waals surface area contributed by atoms with Gasteiger partial charge in [-0.25, -0.2) is 0 Å². The van der Waals surface area contributed by atoms with E-state index in [0.717, 1.165) is 5.56 Å². The van der Waals surface area contributed by atoms with E-state index in [-0.39, 0.29) is 12.1 Å². The molecule has 0 aliphatic carbocycles. The number of hydrogen-bond donors (Lipinski definition) is 1. The van der Waals surface area contributed by atoms with Crippen molar-refractivity contribution < 1.29 is 14.3 Å². The quantitative estimate of drug-likeness (QED) is 0.800. The smallest absolute Gasteiger partial charge is 0.323 e. The first-order chi connectivity index (χ1) is 7.61. The van der Waals surface area contributed by atoms with Crippen molar-refractivity contribution in [3.05, 3.63) is 28.8 Å². The molecule has 0 aromatic heterocycles. The Labute approximate surface area is 98.3 Å². The molecule has 0 bridgehead atoms. The first-order valence-electron chi connectivity index (χ1n) is 4.91. The number of halogens is 1. The highest BCUT2D eigenvalue weighted by Gasteiger charge is 2.34. The SMILES string of the molecule is COc1ccc(Cl)cc1C1CC(N)C(=O)O1.